The van der Waals surface area contributed by atoms with Crippen LogP contribution in [0.15, 0.2) is 18.2 Å². The number of hydrogen-bond donors (Lipinski definition) is 2. The van der Waals surface area contributed by atoms with E-state index in [-0.39, 0.29) is 11.7 Å². The summed E-state index contributed by atoms with van der Waals surface area (Å²) in [6.07, 6.45) is 0.871. The van der Waals surface area contributed by atoms with Gasteiger partial charge in [-0.3, -0.25) is 10.1 Å². The highest BCUT2D eigenvalue weighted by Gasteiger charge is 2.07. The normalized spacial score (nSPS) is 12.2. The fourth-order valence-electron chi connectivity index (χ4n) is 1.39. The molecule has 0 fully saturated rings. The molecule has 1 aromatic carbocycles. The lowest BCUT2D eigenvalue weighted by Crippen LogP contribution is -2.19. The summed E-state index contributed by atoms with van der Waals surface area (Å²) in [6, 6.07) is 4.95. The van der Waals surface area contributed by atoms with Crippen LogP contribution in [0.3, 0.4) is 0 Å². The third-order valence-corrected chi connectivity index (χ3v) is 2.34. The topological polar surface area (TPSA) is 81.2 Å². The average Bonchev–Trinajstić information content (AvgIpc) is 2.19. The molecule has 1 unspecified atom stereocenters. The Labute approximate surface area is 94.8 Å². The second-order valence-electron chi connectivity index (χ2n) is 3.95. The van der Waals surface area contributed by atoms with Gasteiger partial charge in [-0.1, -0.05) is 0 Å². The summed E-state index contributed by atoms with van der Waals surface area (Å²) in [5.41, 5.74) is 7.55. The maximum absolute atomic E-state index is 10.5. The van der Waals surface area contributed by atoms with Crippen LogP contribution in [0.5, 0.6) is 0 Å². The van der Waals surface area contributed by atoms with Gasteiger partial charge in [-0.2, -0.15) is 0 Å². The van der Waals surface area contributed by atoms with Gasteiger partial charge in [0.15, 0.2) is 0 Å². The van der Waals surface area contributed by atoms with E-state index in [1.807, 2.05) is 13.8 Å². The first-order valence-corrected chi connectivity index (χ1v) is 5.25. The van der Waals surface area contributed by atoms with Crippen LogP contribution in [-0.4, -0.2) is 17.5 Å². The highest BCUT2D eigenvalue weighted by atomic mass is 16.6. The van der Waals surface area contributed by atoms with Gasteiger partial charge < -0.3 is 11.1 Å². The largest absolute Gasteiger partial charge is 0.385 e. The third-order valence-electron chi connectivity index (χ3n) is 2.34. The van der Waals surface area contributed by atoms with E-state index in [1.165, 1.54) is 6.07 Å². The monoisotopic (exact) mass is 223 g/mol. The number of rotatable bonds is 5. The number of non-ortho nitro benzene ring substituents is 1. The molecule has 1 atom stereocenters. The summed E-state index contributed by atoms with van der Waals surface area (Å²) >= 11 is 0. The molecule has 5 nitrogen and oxygen atoms in total. The molecule has 0 saturated heterocycles. The van der Waals surface area contributed by atoms with Crippen LogP contribution in [0.25, 0.3) is 0 Å². The number of nitrogens with one attached hydrogen (secondary N) is 1. The number of nitrogens with zero attached hydrogens (tertiary/aromatic N) is 1. The summed E-state index contributed by atoms with van der Waals surface area (Å²) in [5, 5.41) is 13.7. The summed E-state index contributed by atoms with van der Waals surface area (Å²) in [7, 11) is 0. The fraction of sp³-hybridized carbons (Fsp3) is 0.455. The molecule has 0 amide bonds. The van der Waals surface area contributed by atoms with E-state index in [0.717, 1.165) is 24.2 Å². The lowest BCUT2D eigenvalue weighted by molar-refractivity contribution is -0.384. The Morgan fingerprint density at radius 2 is 2.25 bits per heavy atom. The van der Waals surface area contributed by atoms with Crippen molar-refractivity contribution in [1.82, 2.24) is 0 Å². The highest BCUT2D eigenvalue weighted by molar-refractivity contribution is 5.55. The van der Waals surface area contributed by atoms with Crippen molar-refractivity contribution in [3.63, 3.8) is 0 Å². The number of nitro groups is 1. The minimum Gasteiger partial charge on any atom is -0.385 e. The quantitative estimate of drug-likeness (QED) is 0.591. The smallest absolute Gasteiger partial charge is 0.269 e. The van der Waals surface area contributed by atoms with Gasteiger partial charge >= 0.3 is 0 Å². The van der Waals surface area contributed by atoms with Crippen LogP contribution < -0.4 is 11.1 Å². The van der Waals surface area contributed by atoms with E-state index in [0.29, 0.717) is 0 Å². The maximum Gasteiger partial charge on any atom is 0.269 e. The molecule has 16 heavy (non-hydrogen) atoms. The van der Waals surface area contributed by atoms with Gasteiger partial charge in [0.25, 0.3) is 5.69 Å². The van der Waals surface area contributed by atoms with Gasteiger partial charge in [0.1, 0.15) is 0 Å². The third kappa shape index (κ3) is 3.51. The molecule has 1 aromatic rings. The summed E-state index contributed by atoms with van der Waals surface area (Å²) < 4.78 is 0. The van der Waals surface area contributed by atoms with Crippen molar-refractivity contribution in [3.05, 3.63) is 33.9 Å². The summed E-state index contributed by atoms with van der Waals surface area (Å²) in [6.45, 7) is 4.57. The second-order valence-corrected chi connectivity index (χ2v) is 3.95. The van der Waals surface area contributed by atoms with E-state index in [1.54, 1.807) is 12.1 Å². The number of anilines is 1. The Balaban J connectivity index is 2.64. The molecule has 1 rings (SSSR count). The number of nitrogens with two attached hydrogens (primary N) is 1. The zero-order valence-electron chi connectivity index (χ0n) is 9.56. The molecule has 0 aliphatic heterocycles. The fourth-order valence-corrected chi connectivity index (χ4v) is 1.39. The Kier molecular flexibility index (Phi) is 4.25. The summed E-state index contributed by atoms with van der Waals surface area (Å²) in [5.74, 6) is 0. The lowest BCUT2D eigenvalue weighted by Gasteiger charge is -2.10. The van der Waals surface area contributed by atoms with Crippen molar-refractivity contribution in [3.8, 4) is 0 Å². The van der Waals surface area contributed by atoms with E-state index < -0.39 is 4.92 Å². The standard InChI is InChI=1S/C11H17N3O2/c1-8-7-10(14(15)16)3-4-11(8)13-6-5-9(2)12/h3-4,7,9,13H,5-6,12H2,1-2H3. The Hall–Kier alpha value is -1.62. The molecule has 0 aromatic heterocycles. The maximum atomic E-state index is 10.5. The minimum absolute atomic E-state index is 0.121. The molecule has 0 spiro atoms. The van der Waals surface area contributed by atoms with Crippen molar-refractivity contribution < 1.29 is 4.92 Å². The molecule has 0 heterocycles. The number of nitro benzene ring substituents is 1. The van der Waals surface area contributed by atoms with Crippen LogP contribution in [-0.2, 0) is 0 Å². The van der Waals surface area contributed by atoms with E-state index in [4.69, 9.17) is 5.73 Å². The van der Waals surface area contributed by atoms with Crippen LogP contribution in [0.1, 0.15) is 18.9 Å². The second kappa shape index (κ2) is 5.46. The van der Waals surface area contributed by atoms with Gasteiger partial charge in [-0.05, 0) is 31.9 Å². The zero-order valence-corrected chi connectivity index (χ0v) is 9.56. The molecule has 88 valence electrons. The Morgan fingerprint density at radius 1 is 1.56 bits per heavy atom. The van der Waals surface area contributed by atoms with Crippen LogP contribution >= 0.6 is 0 Å². The number of benzene rings is 1. The van der Waals surface area contributed by atoms with Crippen molar-refractivity contribution in [2.24, 2.45) is 5.73 Å². The van der Waals surface area contributed by atoms with Gasteiger partial charge in [-0.15, -0.1) is 0 Å². The van der Waals surface area contributed by atoms with Gasteiger partial charge in [0.05, 0.1) is 4.92 Å². The lowest BCUT2D eigenvalue weighted by atomic mass is 10.1. The van der Waals surface area contributed by atoms with E-state index in [9.17, 15) is 10.1 Å². The molecule has 3 N–H and O–H groups in total. The van der Waals surface area contributed by atoms with Crippen LogP contribution in [0, 0.1) is 17.0 Å². The van der Waals surface area contributed by atoms with Crippen molar-refractivity contribution in [2.75, 3.05) is 11.9 Å². The SMILES string of the molecule is Cc1cc([N+](=O)[O-])ccc1NCCC(C)N. The average molecular weight is 223 g/mol. The predicted molar refractivity (Wildman–Crippen MR) is 64.6 cm³/mol. The van der Waals surface area contributed by atoms with Gasteiger partial charge in [0.2, 0.25) is 0 Å². The van der Waals surface area contributed by atoms with E-state index >= 15 is 0 Å². The van der Waals surface area contributed by atoms with Crippen LogP contribution in [0.2, 0.25) is 0 Å². The first-order chi connectivity index (χ1) is 7.50. The Bertz CT molecular complexity index is 377. The Morgan fingerprint density at radius 3 is 2.75 bits per heavy atom. The number of aryl methyl sites for hydroxylation is 1. The zero-order chi connectivity index (χ0) is 12.1. The molecule has 0 bridgehead atoms. The molecule has 0 aliphatic rings. The molecule has 0 saturated carbocycles. The first kappa shape index (κ1) is 12.4. The van der Waals surface area contributed by atoms with Crippen molar-refractivity contribution >= 4 is 11.4 Å². The number of hydrogen-bond acceptors (Lipinski definition) is 4. The van der Waals surface area contributed by atoms with Gasteiger partial charge in [0, 0.05) is 30.4 Å². The van der Waals surface area contributed by atoms with Gasteiger partial charge in [-0.25, -0.2) is 0 Å². The minimum atomic E-state index is -0.390. The van der Waals surface area contributed by atoms with E-state index in [2.05, 4.69) is 5.32 Å². The van der Waals surface area contributed by atoms with Crippen molar-refractivity contribution in [1.29, 1.82) is 0 Å². The molecule has 5 heteroatoms. The molecule has 0 aliphatic carbocycles. The highest BCUT2D eigenvalue weighted by Crippen LogP contribution is 2.20. The first-order valence-electron chi connectivity index (χ1n) is 5.25. The van der Waals surface area contributed by atoms with Crippen LogP contribution in [0.4, 0.5) is 11.4 Å². The predicted octanol–water partition coefficient (Wildman–Crippen LogP) is 2.05. The molecular formula is C11H17N3O2. The summed E-state index contributed by atoms with van der Waals surface area (Å²) in [4.78, 5) is 10.1. The molecular weight excluding hydrogens is 206 g/mol. The van der Waals surface area contributed by atoms with Crippen molar-refractivity contribution in [2.45, 2.75) is 26.3 Å². The molecule has 0 radical (unpaired) electrons.